The van der Waals surface area contributed by atoms with Crippen LogP contribution in [-0.2, 0) is 9.59 Å². The molecule has 1 heterocycles. The summed E-state index contributed by atoms with van der Waals surface area (Å²) >= 11 is 0. The van der Waals surface area contributed by atoms with Gasteiger partial charge in [0.2, 0.25) is 11.8 Å². The molecule has 2 amide bonds. The van der Waals surface area contributed by atoms with Crippen molar-refractivity contribution in [1.82, 2.24) is 0 Å². The second-order valence-corrected chi connectivity index (χ2v) is 7.27. The maximum absolute atomic E-state index is 14.6. The van der Waals surface area contributed by atoms with Crippen LogP contribution in [0.25, 0.3) is 11.1 Å². The van der Waals surface area contributed by atoms with Gasteiger partial charge in [-0.1, -0.05) is 30.3 Å². The Bertz CT molecular complexity index is 1120. The molecule has 0 aliphatic carbocycles. The summed E-state index contributed by atoms with van der Waals surface area (Å²) in [7, 11) is 1.55. The molecule has 1 fully saturated rings. The number of amides is 2. The molecule has 31 heavy (non-hydrogen) atoms. The summed E-state index contributed by atoms with van der Waals surface area (Å²) in [5.41, 5.74) is 1.35. The Balaban J connectivity index is 1.56. The van der Waals surface area contributed by atoms with Crippen LogP contribution in [0.1, 0.15) is 6.42 Å². The lowest BCUT2D eigenvalue weighted by molar-refractivity contribution is -0.122. The Kier molecular flexibility index (Phi) is 5.66. The second-order valence-electron chi connectivity index (χ2n) is 7.27. The smallest absolute Gasteiger partial charge is 0.229 e. The molecular formula is C24H20F2N2O3. The van der Waals surface area contributed by atoms with Crippen molar-refractivity contribution in [1.29, 1.82) is 0 Å². The molecule has 3 aromatic carbocycles. The Hall–Kier alpha value is -3.74. The number of nitrogens with one attached hydrogen (secondary N) is 1. The van der Waals surface area contributed by atoms with E-state index in [-0.39, 0.29) is 30.1 Å². The number of hydrogen-bond acceptors (Lipinski definition) is 3. The van der Waals surface area contributed by atoms with Gasteiger partial charge in [0, 0.05) is 30.3 Å². The number of hydrogen-bond donors (Lipinski definition) is 1. The molecule has 1 atom stereocenters. The number of benzene rings is 3. The molecule has 0 bridgehead atoms. The fourth-order valence-corrected chi connectivity index (χ4v) is 3.67. The van der Waals surface area contributed by atoms with Gasteiger partial charge in [0.15, 0.2) is 0 Å². The van der Waals surface area contributed by atoms with E-state index in [0.29, 0.717) is 17.0 Å². The number of carbonyl (C=O) groups excluding carboxylic acids is 2. The molecule has 0 aromatic heterocycles. The van der Waals surface area contributed by atoms with Gasteiger partial charge in [-0.3, -0.25) is 9.59 Å². The molecule has 3 aromatic rings. The first kappa shape index (κ1) is 20.5. The third-order valence-electron chi connectivity index (χ3n) is 5.27. The van der Waals surface area contributed by atoms with Gasteiger partial charge in [-0.05, 0) is 35.9 Å². The van der Waals surface area contributed by atoms with Gasteiger partial charge in [-0.25, -0.2) is 8.78 Å². The molecule has 1 aliphatic rings. The summed E-state index contributed by atoms with van der Waals surface area (Å²) in [5, 5.41) is 2.58. The number of rotatable bonds is 5. The van der Waals surface area contributed by atoms with Crippen molar-refractivity contribution in [3.8, 4) is 16.9 Å². The highest BCUT2D eigenvalue weighted by molar-refractivity contribution is 6.04. The predicted molar refractivity (Wildman–Crippen MR) is 114 cm³/mol. The van der Waals surface area contributed by atoms with Crippen LogP contribution in [0.5, 0.6) is 5.75 Å². The lowest BCUT2D eigenvalue weighted by atomic mass is 10.0. The largest absolute Gasteiger partial charge is 0.497 e. The second kappa shape index (κ2) is 8.55. The van der Waals surface area contributed by atoms with Crippen LogP contribution < -0.4 is 15.0 Å². The molecule has 0 saturated carbocycles. The van der Waals surface area contributed by atoms with Gasteiger partial charge in [-0.15, -0.1) is 0 Å². The summed E-state index contributed by atoms with van der Waals surface area (Å²) in [5.74, 6) is -2.31. The predicted octanol–water partition coefficient (Wildman–Crippen LogP) is 4.63. The van der Waals surface area contributed by atoms with Crippen LogP contribution in [0.4, 0.5) is 20.2 Å². The van der Waals surface area contributed by atoms with Crippen LogP contribution in [-0.4, -0.2) is 25.5 Å². The van der Waals surface area contributed by atoms with E-state index in [0.717, 1.165) is 6.07 Å². The summed E-state index contributed by atoms with van der Waals surface area (Å²) in [6, 6.07) is 17.5. The van der Waals surface area contributed by atoms with Crippen LogP contribution in [0.2, 0.25) is 0 Å². The average Bonchev–Trinajstić information content (AvgIpc) is 3.17. The van der Waals surface area contributed by atoms with Crippen molar-refractivity contribution in [2.24, 2.45) is 5.92 Å². The fourth-order valence-electron chi connectivity index (χ4n) is 3.67. The van der Waals surface area contributed by atoms with E-state index in [2.05, 4.69) is 5.32 Å². The van der Waals surface area contributed by atoms with Crippen LogP contribution in [0.3, 0.4) is 0 Å². The number of carbonyl (C=O) groups is 2. The molecule has 1 unspecified atom stereocenters. The van der Waals surface area contributed by atoms with Gasteiger partial charge in [0.05, 0.1) is 18.7 Å². The number of anilines is 2. The normalized spacial score (nSPS) is 15.8. The van der Waals surface area contributed by atoms with Crippen LogP contribution in [0.15, 0.2) is 66.7 Å². The van der Waals surface area contributed by atoms with Gasteiger partial charge in [0.1, 0.15) is 17.4 Å². The van der Waals surface area contributed by atoms with Crippen LogP contribution in [0, 0.1) is 17.6 Å². The molecule has 1 N–H and O–H groups in total. The number of ether oxygens (including phenoxy) is 1. The Labute approximate surface area is 178 Å². The van der Waals surface area contributed by atoms with Crippen LogP contribution >= 0.6 is 0 Å². The molecular weight excluding hydrogens is 402 g/mol. The van der Waals surface area contributed by atoms with Crippen molar-refractivity contribution in [3.63, 3.8) is 0 Å². The van der Waals surface area contributed by atoms with E-state index in [4.69, 9.17) is 4.74 Å². The first-order valence-electron chi connectivity index (χ1n) is 9.76. The molecule has 0 radical (unpaired) electrons. The summed E-state index contributed by atoms with van der Waals surface area (Å²) < 4.78 is 33.6. The van der Waals surface area contributed by atoms with Gasteiger partial charge in [0.25, 0.3) is 0 Å². The van der Waals surface area contributed by atoms with E-state index >= 15 is 0 Å². The van der Waals surface area contributed by atoms with E-state index in [9.17, 15) is 18.4 Å². The van der Waals surface area contributed by atoms with E-state index < -0.39 is 23.5 Å². The topological polar surface area (TPSA) is 58.6 Å². The lowest BCUT2D eigenvalue weighted by Gasteiger charge is -2.18. The van der Waals surface area contributed by atoms with Gasteiger partial charge in [-0.2, -0.15) is 0 Å². The highest BCUT2D eigenvalue weighted by Gasteiger charge is 2.35. The number of nitrogens with zero attached hydrogens (tertiary/aromatic N) is 1. The monoisotopic (exact) mass is 422 g/mol. The third kappa shape index (κ3) is 4.26. The van der Waals surface area contributed by atoms with Crippen molar-refractivity contribution in [2.75, 3.05) is 23.9 Å². The minimum atomic E-state index is -0.872. The van der Waals surface area contributed by atoms with Crippen molar-refractivity contribution >= 4 is 23.2 Å². The van der Waals surface area contributed by atoms with E-state index in [1.165, 1.54) is 11.0 Å². The molecule has 4 rings (SSSR count). The zero-order valence-electron chi connectivity index (χ0n) is 16.8. The minimum Gasteiger partial charge on any atom is -0.497 e. The van der Waals surface area contributed by atoms with E-state index in [1.807, 2.05) is 0 Å². The molecule has 0 spiro atoms. The zero-order valence-corrected chi connectivity index (χ0v) is 16.8. The average molecular weight is 422 g/mol. The Morgan fingerprint density at radius 3 is 2.45 bits per heavy atom. The number of methoxy groups -OCH3 is 1. The summed E-state index contributed by atoms with van der Waals surface area (Å²) in [6.45, 7) is 0.167. The summed E-state index contributed by atoms with van der Waals surface area (Å²) in [6.07, 6.45) is 0.00134. The van der Waals surface area contributed by atoms with Gasteiger partial charge < -0.3 is 15.0 Å². The number of halogens is 2. The maximum Gasteiger partial charge on any atom is 0.229 e. The molecule has 7 heteroatoms. The first-order valence-corrected chi connectivity index (χ1v) is 9.76. The van der Waals surface area contributed by atoms with Gasteiger partial charge >= 0.3 is 0 Å². The third-order valence-corrected chi connectivity index (χ3v) is 5.27. The van der Waals surface area contributed by atoms with Crippen molar-refractivity contribution in [3.05, 3.63) is 78.4 Å². The lowest BCUT2D eigenvalue weighted by Crippen LogP contribution is -2.28. The SMILES string of the molecule is COc1ccc(N2CC(C(=O)Nc3c(F)cc(F)cc3-c3ccccc3)CC2=O)cc1. The fraction of sp³-hybridized carbons (Fsp3) is 0.167. The standard InChI is InChI=1S/C24H20F2N2O3/c1-31-19-9-7-18(8-10-19)28-14-16(11-22(28)29)24(30)27-23-20(12-17(25)13-21(23)26)15-5-3-2-4-6-15/h2-10,12-13,16H,11,14H2,1H3,(H,27,30). The first-order chi connectivity index (χ1) is 15.0. The molecule has 1 aliphatic heterocycles. The molecule has 5 nitrogen and oxygen atoms in total. The zero-order chi connectivity index (χ0) is 22.0. The Morgan fingerprint density at radius 1 is 1.06 bits per heavy atom. The molecule has 1 saturated heterocycles. The highest BCUT2D eigenvalue weighted by atomic mass is 19.1. The summed E-state index contributed by atoms with van der Waals surface area (Å²) in [4.78, 5) is 26.9. The maximum atomic E-state index is 14.6. The van der Waals surface area contributed by atoms with Crippen molar-refractivity contribution in [2.45, 2.75) is 6.42 Å². The van der Waals surface area contributed by atoms with E-state index in [1.54, 1.807) is 61.7 Å². The molecule has 158 valence electrons. The highest BCUT2D eigenvalue weighted by Crippen LogP contribution is 2.33. The quantitative estimate of drug-likeness (QED) is 0.652. The minimum absolute atomic E-state index is 0.00134. The van der Waals surface area contributed by atoms with Crippen molar-refractivity contribution < 1.29 is 23.1 Å². The Morgan fingerprint density at radius 2 is 1.77 bits per heavy atom.